The molecule has 0 saturated heterocycles. The summed E-state index contributed by atoms with van der Waals surface area (Å²) < 4.78 is 6.21. The third kappa shape index (κ3) is 1.97. The highest BCUT2D eigenvalue weighted by Gasteiger charge is 2.17. The molecule has 0 amide bonds. The van der Waals surface area contributed by atoms with E-state index in [1.54, 1.807) is 12.1 Å². The van der Waals surface area contributed by atoms with Crippen LogP contribution in [0.4, 0.5) is 0 Å². The van der Waals surface area contributed by atoms with Gasteiger partial charge >= 0.3 is 0 Å². The summed E-state index contributed by atoms with van der Waals surface area (Å²) in [7, 11) is 0. The van der Waals surface area contributed by atoms with Crippen molar-refractivity contribution in [3.05, 3.63) is 32.4 Å². The first kappa shape index (κ1) is 12.2. The summed E-state index contributed by atoms with van der Waals surface area (Å²) in [4.78, 5) is 0. The lowest BCUT2D eigenvalue weighted by Gasteiger charge is -2.01. The number of furan rings is 1. The van der Waals surface area contributed by atoms with Crippen LogP contribution in [0.25, 0.3) is 11.0 Å². The molecule has 0 spiro atoms. The fourth-order valence-electron chi connectivity index (χ4n) is 1.48. The predicted molar refractivity (Wildman–Crippen MR) is 69.2 cm³/mol. The van der Waals surface area contributed by atoms with Gasteiger partial charge in [-0.25, -0.2) is 0 Å². The fourth-order valence-corrected chi connectivity index (χ4v) is 2.50. The van der Waals surface area contributed by atoms with E-state index in [0.717, 1.165) is 0 Å². The minimum atomic E-state index is -0.627. The second kappa shape index (κ2) is 4.57. The molecular formula is C11H9BrCl2O2. The van der Waals surface area contributed by atoms with Gasteiger partial charge in [-0.1, -0.05) is 30.1 Å². The molecule has 16 heavy (non-hydrogen) atoms. The van der Waals surface area contributed by atoms with Crippen LogP contribution in [0.1, 0.15) is 25.2 Å². The van der Waals surface area contributed by atoms with Crippen LogP contribution in [-0.4, -0.2) is 5.11 Å². The maximum absolute atomic E-state index is 9.69. The smallest absolute Gasteiger partial charge is 0.154 e. The fraction of sp³-hybridized carbons (Fsp3) is 0.273. The van der Waals surface area contributed by atoms with Crippen LogP contribution in [0.2, 0.25) is 10.0 Å². The average Bonchev–Trinajstić information content (AvgIpc) is 2.70. The van der Waals surface area contributed by atoms with Crippen molar-refractivity contribution in [2.75, 3.05) is 0 Å². The SMILES string of the molecule is CCC(O)c1cc2c(Cl)c(Br)cc(Cl)c2o1. The maximum atomic E-state index is 9.69. The zero-order chi connectivity index (χ0) is 11.9. The molecule has 0 aliphatic carbocycles. The normalized spacial score (nSPS) is 13.3. The van der Waals surface area contributed by atoms with Gasteiger partial charge in [0.25, 0.3) is 0 Å². The van der Waals surface area contributed by atoms with Crippen LogP contribution >= 0.6 is 39.1 Å². The number of hydrogen-bond donors (Lipinski definition) is 1. The van der Waals surface area contributed by atoms with Crippen molar-refractivity contribution in [2.45, 2.75) is 19.4 Å². The lowest BCUT2D eigenvalue weighted by atomic mass is 10.2. The number of aliphatic hydroxyl groups is 1. The lowest BCUT2D eigenvalue weighted by Crippen LogP contribution is -1.91. The van der Waals surface area contributed by atoms with Gasteiger partial charge in [-0.05, 0) is 34.5 Å². The van der Waals surface area contributed by atoms with E-state index in [0.29, 0.717) is 37.7 Å². The maximum Gasteiger partial charge on any atom is 0.154 e. The lowest BCUT2D eigenvalue weighted by molar-refractivity contribution is 0.148. The standard InChI is InChI=1S/C11H9BrCl2O2/c1-2-8(15)9-3-5-10(14)6(12)4-7(13)11(5)16-9/h3-4,8,15H,2H2,1H3. The van der Waals surface area contributed by atoms with E-state index in [4.69, 9.17) is 27.6 Å². The zero-order valence-electron chi connectivity index (χ0n) is 8.43. The van der Waals surface area contributed by atoms with E-state index in [2.05, 4.69) is 15.9 Å². The Labute approximate surface area is 111 Å². The number of fused-ring (bicyclic) bond motifs is 1. The molecule has 0 aliphatic heterocycles. The van der Waals surface area contributed by atoms with E-state index in [1.165, 1.54) is 0 Å². The number of benzene rings is 1. The summed E-state index contributed by atoms with van der Waals surface area (Å²) in [6, 6.07) is 3.40. The molecule has 0 radical (unpaired) electrons. The predicted octanol–water partition coefficient (Wildman–Crippen LogP) is 4.95. The van der Waals surface area contributed by atoms with Gasteiger partial charge in [-0.15, -0.1) is 0 Å². The number of rotatable bonds is 2. The second-order valence-electron chi connectivity index (χ2n) is 3.47. The van der Waals surface area contributed by atoms with E-state index in [9.17, 15) is 5.11 Å². The number of hydrogen-bond acceptors (Lipinski definition) is 2. The van der Waals surface area contributed by atoms with Crippen molar-refractivity contribution in [1.82, 2.24) is 0 Å². The van der Waals surface area contributed by atoms with Crippen molar-refractivity contribution in [3.63, 3.8) is 0 Å². The van der Waals surface area contributed by atoms with Crippen LogP contribution in [0.5, 0.6) is 0 Å². The van der Waals surface area contributed by atoms with E-state index in [1.807, 2.05) is 6.92 Å². The van der Waals surface area contributed by atoms with E-state index < -0.39 is 6.10 Å². The number of aliphatic hydroxyl groups excluding tert-OH is 1. The first-order valence-electron chi connectivity index (χ1n) is 4.79. The largest absolute Gasteiger partial charge is 0.457 e. The molecule has 2 nitrogen and oxygen atoms in total. The highest BCUT2D eigenvalue weighted by molar-refractivity contribution is 9.10. The quantitative estimate of drug-likeness (QED) is 0.794. The van der Waals surface area contributed by atoms with Crippen LogP contribution in [0.15, 0.2) is 21.0 Å². The molecule has 1 atom stereocenters. The highest BCUT2D eigenvalue weighted by atomic mass is 79.9. The van der Waals surface area contributed by atoms with Crippen molar-refractivity contribution in [1.29, 1.82) is 0 Å². The van der Waals surface area contributed by atoms with Gasteiger partial charge in [0.05, 0.1) is 10.0 Å². The first-order chi connectivity index (χ1) is 7.54. The van der Waals surface area contributed by atoms with Gasteiger partial charge in [0.2, 0.25) is 0 Å². The molecule has 0 aliphatic rings. The Hall–Kier alpha value is -0.220. The molecule has 1 heterocycles. The molecule has 5 heteroatoms. The Kier molecular flexibility index (Phi) is 3.50. The van der Waals surface area contributed by atoms with Crippen molar-refractivity contribution >= 4 is 50.1 Å². The minimum absolute atomic E-state index is 0.473. The molecule has 0 fully saturated rings. The Morgan fingerprint density at radius 3 is 2.75 bits per heavy atom. The molecule has 1 aromatic heterocycles. The Morgan fingerprint density at radius 1 is 1.44 bits per heavy atom. The molecule has 0 bridgehead atoms. The van der Waals surface area contributed by atoms with Crippen LogP contribution < -0.4 is 0 Å². The monoisotopic (exact) mass is 322 g/mol. The van der Waals surface area contributed by atoms with Crippen LogP contribution in [-0.2, 0) is 0 Å². The molecule has 86 valence electrons. The van der Waals surface area contributed by atoms with Crippen LogP contribution in [0.3, 0.4) is 0 Å². The van der Waals surface area contributed by atoms with Gasteiger partial charge < -0.3 is 9.52 Å². The van der Waals surface area contributed by atoms with Gasteiger partial charge in [0.15, 0.2) is 5.58 Å². The summed E-state index contributed by atoms with van der Waals surface area (Å²) in [5, 5.41) is 11.4. The molecular weight excluding hydrogens is 315 g/mol. The van der Waals surface area contributed by atoms with Gasteiger partial charge in [0, 0.05) is 9.86 Å². The van der Waals surface area contributed by atoms with Crippen molar-refractivity contribution in [3.8, 4) is 0 Å². The minimum Gasteiger partial charge on any atom is -0.457 e. The summed E-state index contributed by atoms with van der Waals surface area (Å²) in [5.41, 5.74) is 0.511. The number of halogens is 3. The van der Waals surface area contributed by atoms with Crippen molar-refractivity contribution < 1.29 is 9.52 Å². The zero-order valence-corrected chi connectivity index (χ0v) is 11.5. The second-order valence-corrected chi connectivity index (χ2v) is 5.11. The molecule has 2 aromatic rings. The molecule has 2 rings (SSSR count). The topological polar surface area (TPSA) is 33.4 Å². The molecule has 0 saturated carbocycles. The summed E-state index contributed by atoms with van der Waals surface area (Å²) in [6.45, 7) is 1.87. The van der Waals surface area contributed by atoms with E-state index >= 15 is 0 Å². The van der Waals surface area contributed by atoms with Gasteiger partial charge in [0.1, 0.15) is 11.9 Å². The van der Waals surface area contributed by atoms with Gasteiger partial charge in [-0.3, -0.25) is 0 Å². The summed E-state index contributed by atoms with van der Waals surface area (Å²) >= 11 is 15.5. The molecule has 1 aromatic carbocycles. The van der Waals surface area contributed by atoms with E-state index in [-0.39, 0.29) is 0 Å². The van der Waals surface area contributed by atoms with Gasteiger partial charge in [-0.2, -0.15) is 0 Å². The highest BCUT2D eigenvalue weighted by Crippen LogP contribution is 2.39. The first-order valence-corrected chi connectivity index (χ1v) is 6.34. The average molecular weight is 324 g/mol. The Balaban J connectivity index is 2.70. The van der Waals surface area contributed by atoms with Crippen LogP contribution in [0, 0.1) is 0 Å². The van der Waals surface area contributed by atoms with Crippen molar-refractivity contribution in [2.24, 2.45) is 0 Å². The third-order valence-corrected chi connectivity index (χ3v) is 3.92. The Bertz CT molecular complexity index is 536. The molecule has 1 N–H and O–H groups in total. The third-order valence-electron chi connectivity index (χ3n) is 2.38. The molecule has 1 unspecified atom stereocenters. The summed E-state index contributed by atoms with van der Waals surface area (Å²) in [6.07, 6.45) is -0.0470. The summed E-state index contributed by atoms with van der Waals surface area (Å²) in [5.74, 6) is 0.486. The Morgan fingerprint density at radius 2 is 2.12 bits per heavy atom.